The number of nitrogens with zero attached hydrogens (tertiary/aromatic N) is 1. The molecule has 1 aliphatic carbocycles. The summed E-state index contributed by atoms with van der Waals surface area (Å²) in [6.07, 6.45) is 5.22. The molecule has 0 bridgehead atoms. The molecule has 2 aliphatic heterocycles. The molecule has 32 heavy (non-hydrogen) atoms. The number of nitrogens with one attached hydrogen (secondary N) is 1. The highest BCUT2D eigenvalue weighted by molar-refractivity contribution is 8.01. The summed E-state index contributed by atoms with van der Waals surface area (Å²) in [5.74, 6) is -1.05. The fraction of sp³-hybridized carbons (Fsp3) is 0.625. The third-order valence-corrected chi connectivity index (χ3v) is 8.57. The van der Waals surface area contributed by atoms with E-state index in [1.807, 2.05) is 24.3 Å². The summed E-state index contributed by atoms with van der Waals surface area (Å²) in [6.45, 7) is 6.29. The first kappa shape index (κ1) is 23.0. The number of aliphatic carboxylic acids is 1. The number of rotatable bonds is 8. The van der Waals surface area contributed by atoms with E-state index < -0.39 is 28.2 Å². The number of hydrogen-bond donors (Lipinski definition) is 1. The van der Waals surface area contributed by atoms with Crippen LogP contribution in [0, 0.1) is 0 Å². The van der Waals surface area contributed by atoms with Crippen molar-refractivity contribution < 1.29 is 24.2 Å². The largest absolute Gasteiger partial charge is 0.548 e. The van der Waals surface area contributed by atoms with Crippen molar-refractivity contribution in [2.45, 2.75) is 86.9 Å². The summed E-state index contributed by atoms with van der Waals surface area (Å²) < 4.78 is 5.36. The Labute approximate surface area is 193 Å². The second kappa shape index (κ2) is 8.61. The Hall–Kier alpha value is -2.22. The molecule has 1 aromatic rings. The van der Waals surface area contributed by atoms with Crippen LogP contribution in [-0.4, -0.2) is 51.5 Å². The van der Waals surface area contributed by atoms with Crippen LogP contribution >= 0.6 is 11.8 Å². The number of para-hydroxylation sites is 1. The monoisotopic (exact) mass is 459 g/mol. The minimum Gasteiger partial charge on any atom is -0.548 e. The van der Waals surface area contributed by atoms with Crippen molar-refractivity contribution in [3.05, 3.63) is 29.8 Å². The van der Waals surface area contributed by atoms with E-state index in [2.05, 4.69) is 12.2 Å². The van der Waals surface area contributed by atoms with Crippen molar-refractivity contribution >= 4 is 29.5 Å². The first-order chi connectivity index (χ1) is 15.2. The summed E-state index contributed by atoms with van der Waals surface area (Å²) in [5.41, 5.74) is 0.137. The second-order valence-corrected chi connectivity index (χ2v) is 11.3. The number of ether oxygens (including phenoxy) is 1. The number of benzene rings is 1. The summed E-state index contributed by atoms with van der Waals surface area (Å²) in [7, 11) is 0. The molecule has 0 spiro atoms. The van der Waals surface area contributed by atoms with Gasteiger partial charge in [0.1, 0.15) is 17.2 Å². The molecule has 4 rings (SSSR count). The van der Waals surface area contributed by atoms with Crippen molar-refractivity contribution in [1.29, 1.82) is 0 Å². The molecule has 1 N–H and O–H groups in total. The third-order valence-electron chi connectivity index (χ3n) is 7.00. The Morgan fingerprint density at radius 1 is 1.25 bits per heavy atom. The number of β-lactam (4-membered cyclic amide) rings is 1. The Morgan fingerprint density at radius 3 is 2.59 bits per heavy atom. The first-order valence-corrected chi connectivity index (χ1v) is 12.3. The molecule has 3 aliphatic rings. The molecule has 1 saturated carbocycles. The van der Waals surface area contributed by atoms with Gasteiger partial charge in [-0.1, -0.05) is 44.4 Å². The average molecular weight is 460 g/mol. The van der Waals surface area contributed by atoms with Gasteiger partial charge < -0.3 is 24.9 Å². The minimum atomic E-state index is -1.26. The van der Waals surface area contributed by atoms with Gasteiger partial charge in [-0.25, -0.2) is 0 Å². The SMILES string of the molecule is CCCCOc1ccccc1C1(C(=O)N[C@H]2C(=O)N3[C@@H]2SC(C)(C)[C@H]3C(=O)[O-])CCCC1. The van der Waals surface area contributed by atoms with Gasteiger partial charge in [-0.3, -0.25) is 9.59 Å². The Bertz CT molecular complexity index is 911. The number of amides is 2. The van der Waals surface area contributed by atoms with Crippen LogP contribution in [0.25, 0.3) is 0 Å². The summed E-state index contributed by atoms with van der Waals surface area (Å²) in [6, 6.07) is 5.99. The molecule has 7 nitrogen and oxygen atoms in total. The average Bonchev–Trinajstić information content (AvgIpc) is 3.34. The van der Waals surface area contributed by atoms with Gasteiger partial charge in [-0.15, -0.1) is 11.8 Å². The molecule has 3 atom stereocenters. The molecule has 1 aromatic carbocycles. The number of hydrogen-bond acceptors (Lipinski definition) is 6. The highest BCUT2D eigenvalue weighted by Gasteiger charge is 2.63. The maximum absolute atomic E-state index is 13.7. The van der Waals surface area contributed by atoms with E-state index in [4.69, 9.17) is 4.74 Å². The van der Waals surface area contributed by atoms with E-state index in [1.54, 1.807) is 13.8 Å². The summed E-state index contributed by atoms with van der Waals surface area (Å²) in [5, 5.41) is 14.3. The molecule has 0 aromatic heterocycles. The zero-order chi connectivity index (χ0) is 23.1. The molecular formula is C24H31N2O5S-. The number of carboxylic acid groups (broad SMARTS) is 1. The maximum atomic E-state index is 13.7. The van der Waals surface area contributed by atoms with Gasteiger partial charge in [-0.05, 0) is 39.2 Å². The number of fused-ring (bicyclic) bond motifs is 1. The normalized spacial score (nSPS) is 27.5. The Kier molecular flexibility index (Phi) is 6.18. The molecule has 8 heteroatoms. The van der Waals surface area contributed by atoms with Crippen molar-refractivity contribution in [3.63, 3.8) is 0 Å². The Morgan fingerprint density at radius 2 is 1.94 bits per heavy atom. The predicted octanol–water partition coefficient (Wildman–Crippen LogP) is 1.97. The van der Waals surface area contributed by atoms with Crippen LogP contribution in [0.2, 0.25) is 0 Å². The highest BCUT2D eigenvalue weighted by Crippen LogP contribution is 2.51. The zero-order valence-electron chi connectivity index (χ0n) is 18.9. The van der Waals surface area contributed by atoms with Crippen LogP contribution in [0.4, 0.5) is 0 Å². The van der Waals surface area contributed by atoms with Crippen LogP contribution in [-0.2, 0) is 19.8 Å². The molecule has 2 amide bonds. The van der Waals surface area contributed by atoms with Gasteiger partial charge in [0.25, 0.3) is 0 Å². The summed E-state index contributed by atoms with van der Waals surface area (Å²) >= 11 is 1.41. The molecule has 3 fully saturated rings. The molecule has 174 valence electrons. The van der Waals surface area contributed by atoms with Crippen LogP contribution in [0.3, 0.4) is 0 Å². The number of thioether (sulfide) groups is 1. The van der Waals surface area contributed by atoms with E-state index in [0.717, 1.165) is 37.0 Å². The van der Waals surface area contributed by atoms with Gasteiger partial charge in [0.15, 0.2) is 0 Å². The van der Waals surface area contributed by atoms with Crippen molar-refractivity contribution in [2.75, 3.05) is 6.61 Å². The van der Waals surface area contributed by atoms with Gasteiger partial charge in [0.05, 0.1) is 24.0 Å². The molecule has 0 unspecified atom stereocenters. The molecule has 2 heterocycles. The minimum absolute atomic E-state index is 0.171. The zero-order valence-corrected chi connectivity index (χ0v) is 19.7. The Balaban J connectivity index is 1.56. The number of carbonyl (C=O) groups is 3. The third kappa shape index (κ3) is 3.66. The lowest BCUT2D eigenvalue weighted by atomic mass is 9.77. The van der Waals surface area contributed by atoms with Crippen LogP contribution in [0.1, 0.15) is 64.9 Å². The molecular weight excluding hydrogens is 428 g/mol. The number of carboxylic acids is 1. The lowest BCUT2D eigenvalue weighted by Crippen LogP contribution is -2.72. The standard InChI is InChI=1S/C24H32N2O5S/c1-4-5-14-31-16-11-7-6-10-15(16)24(12-8-9-13-24)22(30)25-17-19(27)26-18(21(28)29)23(2,3)32-20(17)26/h6-7,10-11,17-18,20H,4-5,8-9,12-14H2,1-3H3,(H,25,30)(H,28,29)/p-1/t17-,18+,20+/m0/s1. The van der Waals surface area contributed by atoms with Crippen molar-refractivity contribution in [2.24, 2.45) is 0 Å². The van der Waals surface area contributed by atoms with Crippen molar-refractivity contribution in [3.8, 4) is 5.75 Å². The van der Waals surface area contributed by atoms with Crippen LogP contribution < -0.4 is 15.2 Å². The second-order valence-electron chi connectivity index (χ2n) is 9.52. The van der Waals surface area contributed by atoms with E-state index in [-0.39, 0.29) is 17.2 Å². The van der Waals surface area contributed by atoms with Crippen molar-refractivity contribution in [1.82, 2.24) is 10.2 Å². The topological polar surface area (TPSA) is 98.8 Å². The fourth-order valence-corrected chi connectivity index (χ4v) is 6.94. The van der Waals surface area contributed by atoms with Gasteiger partial charge >= 0.3 is 0 Å². The number of unbranched alkanes of at least 4 members (excludes halogenated alkanes) is 1. The highest BCUT2D eigenvalue weighted by atomic mass is 32.2. The first-order valence-electron chi connectivity index (χ1n) is 11.5. The van der Waals surface area contributed by atoms with E-state index in [9.17, 15) is 19.5 Å². The van der Waals surface area contributed by atoms with E-state index >= 15 is 0 Å². The lowest BCUT2D eigenvalue weighted by Gasteiger charge is -2.46. The summed E-state index contributed by atoms with van der Waals surface area (Å²) in [4.78, 5) is 39.6. The van der Waals surface area contributed by atoms with Gasteiger partial charge in [-0.2, -0.15) is 0 Å². The van der Waals surface area contributed by atoms with Gasteiger partial charge in [0, 0.05) is 10.3 Å². The smallest absolute Gasteiger partial charge is 0.249 e. The fourth-order valence-electron chi connectivity index (χ4n) is 5.32. The van der Waals surface area contributed by atoms with Crippen LogP contribution in [0.5, 0.6) is 5.75 Å². The van der Waals surface area contributed by atoms with E-state index in [1.165, 1.54) is 16.7 Å². The lowest BCUT2D eigenvalue weighted by molar-refractivity contribution is -0.312. The molecule has 0 radical (unpaired) electrons. The van der Waals surface area contributed by atoms with Gasteiger partial charge in [0.2, 0.25) is 11.8 Å². The predicted molar refractivity (Wildman–Crippen MR) is 120 cm³/mol. The molecule has 2 saturated heterocycles. The van der Waals surface area contributed by atoms with Crippen LogP contribution in [0.15, 0.2) is 24.3 Å². The number of carbonyl (C=O) groups excluding carboxylic acids is 3. The quantitative estimate of drug-likeness (QED) is 0.471. The van der Waals surface area contributed by atoms with E-state index in [0.29, 0.717) is 19.4 Å². The maximum Gasteiger partial charge on any atom is 0.249 e.